The molecule has 0 saturated heterocycles. The molecule has 0 bridgehead atoms. The lowest BCUT2D eigenvalue weighted by Crippen LogP contribution is -2.27. The molecule has 0 aliphatic heterocycles. The highest BCUT2D eigenvalue weighted by atomic mass is 32.2. The zero-order valence-corrected chi connectivity index (χ0v) is 11.4. The molecule has 0 spiro atoms. The summed E-state index contributed by atoms with van der Waals surface area (Å²) in [7, 11) is 2.34. The molecule has 1 heterocycles. The molecule has 1 aromatic rings. The van der Waals surface area contributed by atoms with Crippen LogP contribution < -0.4 is 0 Å². The molecule has 0 amide bonds. The second kappa shape index (κ2) is 7.63. The summed E-state index contributed by atoms with van der Waals surface area (Å²) >= 11 is 1.17. The van der Waals surface area contributed by atoms with E-state index in [1.807, 2.05) is 0 Å². The molecule has 1 rings (SSSR count). The molecule has 0 aliphatic carbocycles. The van der Waals surface area contributed by atoms with Crippen molar-refractivity contribution in [1.29, 1.82) is 0 Å². The number of thioether (sulfide) groups is 1. The third-order valence-corrected chi connectivity index (χ3v) is 3.47. The first-order valence-electron chi connectivity index (χ1n) is 5.41. The summed E-state index contributed by atoms with van der Waals surface area (Å²) in [4.78, 5) is 34.0. The Bertz CT molecular complexity index is 439. The summed E-state index contributed by atoms with van der Waals surface area (Å²) in [6.45, 7) is 0. The Hall–Kier alpha value is -1.76. The van der Waals surface area contributed by atoms with Crippen LogP contribution in [0.2, 0.25) is 0 Å². The summed E-state index contributed by atoms with van der Waals surface area (Å²) in [6, 6.07) is 3.48. The van der Waals surface area contributed by atoms with E-state index in [0.29, 0.717) is 11.5 Å². The predicted molar refractivity (Wildman–Crippen MR) is 67.4 cm³/mol. The molecular formula is C12H14O6S. The fourth-order valence-electron chi connectivity index (χ4n) is 1.28. The number of rotatable bonds is 7. The summed E-state index contributed by atoms with van der Waals surface area (Å²) < 4.78 is 14.0. The van der Waals surface area contributed by atoms with Gasteiger partial charge in [0.2, 0.25) is 5.78 Å². The van der Waals surface area contributed by atoms with Crippen molar-refractivity contribution >= 4 is 29.5 Å². The fourth-order valence-corrected chi connectivity index (χ4v) is 2.32. The topological polar surface area (TPSA) is 82.8 Å². The van der Waals surface area contributed by atoms with Crippen LogP contribution in [0.4, 0.5) is 0 Å². The molecule has 19 heavy (non-hydrogen) atoms. The van der Waals surface area contributed by atoms with Gasteiger partial charge in [0.1, 0.15) is 11.0 Å². The number of ketones is 1. The van der Waals surface area contributed by atoms with Crippen LogP contribution in [0, 0.1) is 0 Å². The predicted octanol–water partition coefficient (Wildman–Crippen LogP) is 1.19. The second-order valence-electron chi connectivity index (χ2n) is 3.52. The van der Waals surface area contributed by atoms with E-state index in [0.717, 1.165) is 7.11 Å². The van der Waals surface area contributed by atoms with Crippen molar-refractivity contribution in [3.63, 3.8) is 0 Å². The Balaban J connectivity index is 2.59. The van der Waals surface area contributed by atoms with Gasteiger partial charge < -0.3 is 13.9 Å². The molecule has 0 radical (unpaired) electrons. The molecule has 0 fully saturated rings. The largest absolute Gasteiger partial charge is 0.468 e. The van der Waals surface area contributed by atoms with Gasteiger partial charge in [-0.2, -0.15) is 0 Å². The molecule has 0 saturated carbocycles. The van der Waals surface area contributed by atoms with Gasteiger partial charge in [0, 0.05) is 6.42 Å². The Morgan fingerprint density at radius 3 is 2.58 bits per heavy atom. The van der Waals surface area contributed by atoms with Crippen molar-refractivity contribution in [3.05, 3.63) is 24.2 Å². The van der Waals surface area contributed by atoms with Crippen LogP contribution in [0.3, 0.4) is 0 Å². The molecule has 0 aliphatic rings. The summed E-state index contributed by atoms with van der Waals surface area (Å²) in [6.07, 6.45) is 1.26. The summed E-state index contributed by atoms with van der Waals surface area (Å²) in [5.41, 5.74) is 0. The Morgan fingerprint density at radius 2 is 2.05 bits per heavy atom. The van der Waals surface area contributed by atoms with Crippen LogP contribution in [0.5, 0.6) is 0 Å². The molecule has 104 valence electrons. The first kappa shape index (κ1) is 15.3. The Kier molecular flexibility index (Phi) is 6.14. The minimum Gasteiger partial charge on any atom is -0.468 e. The van der Waals surface area contributed by atoms with Gasteiger partial charge in [0.15, 0.2) is 0 Å². The molecule has 7 heteroatoms. The Morgan fingerprint density at radius 1 is 1.32 bits per heavy atom. The average Bonchev–Trinajstić information content (AvgIpc) is 2.94. The molecule has 1 atom stereocenters. The van der Waals surface area contributed by atoms with Crippen LogP contribution in [0.1, 0.15) is 12.2 Å². The lowest BCUT2D eigenvalue weighted by molar-refractivity contribution is -0.152. The van der Waals surface area contributed by atoms with Crippen molar-refractivity contribution in [1.82, 2.24) is 0 Å². The molecular weight excluding hydrogens is 272 g/mol. The molecule has 0 N–H and O–H groups in total. The number of hydrogen-bond donors (Lipinski definition) is 0. The minimum atomic E-state index is -0.965. The van der Waals surface area contributed by atoms with Crippen molar-refractivity contribution < 1.29 is 28.3 Å². The van der Waals surface area contributed by atoms with Gasteiger partial charge in [-0.1, -0.05) is 0 Å². The van der Waals surface area contributed by atoms with Crippen LogP contribution >= 0.6 is 11.8 Å². The van der Waals surface area contributed by atoms with E-state index >= 15 is 0 Å². The van der Waals surface area contributed by atoms with Crippen LogP contribution in [-0.4, -0.2) is 37.2 Å². The first-order chi connectivity index (χ1) is 9.08. The normalized spacial score (nSPS) is 11.7. The second-order valence-corrected chi connectivity index (χ2v) is 4.71. The quantitative estimate of drug-likeness (QED) is 0.550. The van der Waals surface area contributed by atoms with Crippen LogP contribution in [0.15, 0.2) is 22.8 Å². The number of carbonyl (C=O) groups excluding carboxylic acids is 3. The van der Waals surface area contributed by atoms with Crippen LogP contribution in [0.25, 0.3) is 0 Å². The highest BCUT2D eigenvalue weighted by molar-refractivity contribution is 7.99. The van der Waals surface area contributed by atoms with Gasteiger partial charge in [0.05, 0.1) is 26.2 Å². The van der Waals surface area contributed by atoms with Gasteiger partial charge in [-0.3, -0.25) is 9.59 Å². The van der Waals surface area contributed by atoms with E-state index in [2.05, 4.69) is 9.47 Å². The number of esters is 2. The maximum atomic E-state index is 11.5. The van der Waals surface area contributed by atoms with Crippen molar-refractivity contribution in [3.8, 4) is 0 Å². The third kappa shape index (κ3) is 4.78. The van der Waals surface area contributed by atoms with E-state index in [1.54, 1.807) is 12.1 Å². The minimum absolute atomic E-state index is 0.259. The molecule has 0 aromatic carbocycles. The van der Waals surface area contributed by atoms with E-state index in [9.17, 15) is 14.4 Å². The first-order valence-corrected chi connectivity index (χ1v) is 6.46. The maximum absolute atomic E-state index is 11.5. The number of Topliss-reactive ketones (excluding diaryl/α,β-unsaturated/α-hetero) is 1. The van der Waals surface area contributed by atoms with Crippen molar-refractivity contribution in [2.24, 2.45) is 0 Å². The fraction of sp³-hybridized carbons (Fsp3) is 0.417. The SMILES string of the molecule is COC(=O)C(=O)CC(SCc1ccco1)C(=O)OC. The number of ether oxygens (including phenoxy) is 2. The number of furan rings is 1. The lowest BCUT2D eigenvalue weighted by Gasteiger charge is -2.12. The van der Waals surface area contributed by atoms with Crippen molar-refractivity contribution in [2.75, 3.05) is 14.2 Å². The van der Waals surface area contributed by atoms with Crippen molar-refractivity contribution in [2.45, 2.75) is 17.4 Å². The lowest BCUT2D eigenvalue weighted by atomic mass is 10.2. The van der Waals surface area contributed by atoms with E-state index in [1.165, 1.54) is 25.1 Å². The van der Waals surface area contributed by atoms with Crippen LogP contribution in [-0.2, 0) is 29.6 Å². The smallest absolute Gasteiger partial charge is 0.374 e. The number of carbonyl (C=O) groups is 3. The standard InChI is InChI=1S/C12H14O6S/c1-16-11(14)9(13)6-10(12(15)17-2)19-7-8-4-3-5-18-8/h3-5,10H,6-7H2,1-2H3. The summed E-state index contributed by atoms with van der Waals surface area (Å²) in [5, 5.41) is -0.762. The van der Waals surface area contributed by atoms with E-state index in [-0.39, 0.29) is 6.42 Å². The molecule has 1 unspecified atom stereocenters. The van der Waals surface area contributed by atoms with Gasteiger partial charge >= 0.3 is 11.9 Å². The zero-order valence-electron chi connectivity index (χ0n) is 10.6. The number of hydrogen-bond acceptors (Lipinski definition) is 7. The highest BCUT2D eigenvalue weighted by Gasteiger charge is 2.27. The Labute approximate surface area is 114 Å². The van der Waals surface area contributed by atoms with Gasteiger partial charge in [0.25, 0.3) is 0 Å². The van der Waals surface area contributed by atoms with E-state index in [4.69, 9.17) is 4.42 Å². The molecule has 1 aromatic heterocycles. The monoisotopic (exact) mass is 286 g/mol. The maximum Gasteiger partial charge on any atom is 0.374 e. The highest BCUT2D eigenvalue weighted by Crippen LogP contribution is 2.22. The van der Waals surface area contributed by atoms with Gasteiger partial charge in [-0.25, -0.2) is 4.79 Å². The van der Waals surface area contributed by atoms with Gasteiger partial charge in [-0.15, -0.1) is 11.8 Å². The molecule has 6 nitrogen and oxygen atoms in total. The zero-order chi connectivity index (χ0) is 14.3. The van der Waals surface area contributed by atoms with E-state index < -0.39 is 23.0 Å². The number of methoxy groups -OCH3 is 2. The third-order valence-electron chi connectivity index (χ3n) is 2.25. The average molecular weight is 286 g/mol. The van der Waals surface area contributed by atoms with Gasteiger partial charge in [-0.05, 0) is 12.1 Å². The summed E-state index contributed by atoms with van der Waals surface area (Å²) in [5.74, 6) is -1.21.